The number of rotatable bonds is 4. The lowest BCUT2D eigenvalue weighted by Gasteiger charge is -2.19. The maximum Gasteiger partial charge on any atom is 0.414 e. The van der Waals surface area contributed by atoms with E-state index in [9.17, 15) is 14.0 Å². The standard InChI is InChI=1S/C16H15ClFN5O3/c17-10-5-15(24)23(7-10)14-2-1-11(6-13(14)18)22-9-12(26-16(22)25)8-21-4-3-19-20-21/h1-4,6,10,12H,5,7-9H2/t10?,12-/m0/s1. The molecule has 2 aliphatic rings. The molecule has 2 aromatic rings. The van der Waals surface area contributed by atoms with Crippen molar-refractivity contribution in [3.8, 4) is 0 Å². The number of ether oxygens (including phenoxy) is 1. The first-order valence-electron chi connectivity index (χ1n) is 8.07. The fourth-order valence-electron chi connectivity index (χ4n) is 3.15. The third-order valence-electron chi connectivity index (χ3n) is 4.35. The Labute approximate surface area is 153 Å². The van der Waals surface area contributed by atoms with E-state index >= 15 is 0 Å². The summed E-state index contributed by atoms with van der Waals surface area (Å²) >= 11 is 5.97. The van der Waals surface area contributed by atoms with E-state index in [0.717, 1.165) is 0 Å². The van der Waals surface area contributed by atoms with Crippen LogP contribution in [-0.2, 0) is 16.1 Å². The van der Waals surface area contributed by atoms with Crippen LogP contribution in [0, 0.1) is 5.82 Å². The van der Waals surface area contributed by atoms with E-state index in [2.05, 4.69) is 10.3 Å². The van der Waals surface area contributed by atoms with Crippen LogP contribution in [0.3, 0.4) is 0 Å². The molecule has 2 aliphatic heterocycles. The van der Waals surface area contributed by atoms with Crippen LogP contribution in [0.4, 0.5) is 20.6 Å². The Hall–Kier alpha value is -2.68. The largest absolute Gasteiger partial charge is 0.442 e. The lowest BCUT2D eigenvalue weighted by Crippen LogP contribution is -2.27. The quantitative estimate of drug-likeness (QED) is 0.756. The van der Waals surface area contributed by atoms with Gasteiger partial charge in [0.2, 0.25) is 5.91 Å². The normalized spacial score (nSPS) is 23.0. The molecular weight excluding hydrogens is 365 g/mol. The molecule has 4 rings (SSSR count). The molecular formula is C16H15ClFN5O3. The van der Waals surface area contributed by atoms with E-state index in [0.29, 0.717) is 12.2 Å². The summed E-state index contributed by atoms with van der Waals surface area (Å²) in [5, 5.41) is 7.21. The molecule has 0 radical (unpaired) electrons. The molecule has 136 valence electrons. The fraction of sp³-hybridized carbons (Fsp3) is 0.375. The zero-order valence-electron chi connectivity index (χ0n) is 13.6. The SMILES string of the molecule is O=C1O[C@@H](Cn2ccnn2)CN1c1ccc(N2CC(Cl)CC2=O)c(F)c1. The molecule has 0 aliphatic carbocycles. The lowest BCUT2D eigenvalue weighted by atomic mass is 10.2. The molecule has 8 nitrogen and oxygen atoms in total. The molecule has 1 aromatic heterocycles. The van der Waals surface area contributed by atoms with Gasteiger partial charge in [0.1, 0.15) is 11.9 Å². The smallest absolute Gasteiger partial charge is 0.414 e. The summed E-state index contributed by atoms with van der Waals surface area (Å²) in [5.74, 6) is -0.806. The van der Waals surface area contributed by atoms with Crippen molar-refractivity contribution in [3.63, 3.8) is 0 Å². The number of halogens is 2. The van der Waals surface area contributed by atoms with E-state index in [4.69, 9.17) is 16.3 Å². The molecule has 3 heterocycles. The predicted octanol–water partition coefficient (Wildman–Crippen LogP) is 1.79. The average molecular weight is 380 g/mol. The van der Waals surface area contributed by atoms with Gasteiger partial charge in [-0.25, -0.2) is 13.9 Å². The molecule has 0 saturated carbocycles. The Morgan fingerprint density at radius 1 is 1.27 bits per heavy atom. The summed E-state index contributed by atoms with van der Waals surface area (Å²) in [5.41, 5.74) is 0.528. The summed E-state index contributed by atoms with van der Waals surface area (Å²) in [7, 11) is 0. The van der Waals surface area contributed by atoms with Gasteiger partial charge < -0.3 is 9.64 Å². The molecule has 2 fully saturated rings. The van der Waals surface area contributed by atoms with Crippen LogP contribution in [0.1, 0.15) is 6.42 Å². The van der Waals surface area contributed by atoms with Crippen LogP contribution in [0.15, 0.2) is 30.6 Å². The minimum absolute atomic E-state index is 0.161. The molecule has 1 unspecified atom stereocenters. The van der Waals surface area contributed by atoms with Gasteiger partial charge in [0.05, 0.1) is 36.0 Å². The van der Waals surface area contributed by atoms with Gasteiger partial charge in [-0.15, -0.1) is 16.7 Å². The summed E-state index contributed by atoms with van der Waals surface area (Å²) in [6.45, 7) is 0.897. The summed E-state index contributed by atoms with van der Waals surface area (Å²) in [6.07, 6.45) is 2.42. The number of hydrogen-bond acceptors (Lipinski definition) is 5. The topological polar surface area (TPSA) is 80.6 Å². The molecule has 2 amide bonds. The number of cyclic esters (lactones) is 1. The number of hydrogen-bond donors (Lipinski definition) is 0. The fourth-order valence-corrected chi connectivity index (χ4v) is 3.42. The van der Waals surface area contributed by atoms with Gasteiger partial charge in [-0.05, 0) is 18.2 Å². The maximum absolute atomic E-state index is 14.5. The number of aromatic nitrogens is 3. The monoisotopic (exact) mass is 379 g/mol. The summed E-state index contributed by atoms with van der Waals surface area (Å²) < 4.78 is 21.4. The molecule has 0 bridgehead atoms. The van der Waals surface area contributed by atoms with Gasteiger partial charge in [0.25, 0.3) is 0 Å². The van der Waals surface area contributed by atoms with Crippen molar-refractivity contribution >= 4 is 35.0 Å². The summed E-state index contributed by atoms with van der Waals surface area (Å²) in [6, 6.07) is 4.30. The first-order valence-corrected chi connectivity index (χ1v) is 8.51. The van der Waals surface area contributed by atoms with Crippen LogP contribution in [0.5, 0.6) is 0 Å². The number of carbonyl (C=O) groups is 2. The van der Waals surface area contributed by atoms with Gasteiger partial charge in [-0.2, -0.15) is 0 Å². The van der Waals surface area contributed by atoms with Crippen LogP contribution < -0.4 is 9.80 Å². The highest BCUT2D eigenvalue weighted by Crippen LogP contribution is 2.31. The van der Waals surface area contributed by atoms with Crippen molar-refractivity contribution in [3.05, 3.63) is 36.4 Å². The maximum atomic E-state index is 14.5. The van der Waals surface area contributed by atoms with Crippen LogP contribution in [0.25, 0.3) is 0 Å². The number of alkyl halides is 1. The van der Waals surface area contributed by atoms with Crippen molar-refractivity contribution in [2.45, 2.75) is 24.4 Å². The molecule has 10 heteroatoms. The van der Waals surface area contributed by atoms with E-state index < -0.39 is 18.0 Å². The third kappa shape index (κ3) is 3.10. The first kappa shape index (κ1) is 16.8. The lowest BCUT2D eigenvalue weighted by molar-refractivity contribution is -0.117. The Balaban J connectivity index is 1.50. The van der Waals surface area contributed by atoms with Crippen molar-refractivity contribution in [2.24, 2.45) is 0 Å². The van der Waals surface area contributed by atoms with Gasteiger partial charge in [0.15, 0.2) is 0 Å². The Morgan fingerprint density at radius 2 is 2.12 bits per heavy atom. The first-order chi connectivity index (χ1) is 12.5. The van der Waals surface area contributed by atoms with E-state index in [-0.39, 0.29) is 36.5 Å². The Kier molecular flexibility index (Phi) is 4.23. The molecule has 0 N–H and O–H groups in total. The van der Waals surface area contributed by atoms with Crippen LogP contribution in [0.2, 0.25) is 0 Å². The van der Waals surface area contributed by atoms with Crippen molar-refractivity contribution in [1.29, 1.82) is 0 Å². The van der Waals surface area contributed by atoms with Crippen LogP contribution in [-0.4, -0.2) is 51.6 Å². The molecule has 2 atom stereocenters. The number of amides is 2. The highest BCUT2D eigenvalue weighted by atomic mass is 35.5. The minimum Gasteiger partial charge on any atom is -0.442 e. The summed E-state index contributed by atoms with van der Waals surface area (Å²) in [4.78, 5) is 26.7. The van der Waals surface area contributed by atoms with Gasteiger partial charge in [0, 0.05) is 19.2 Å². The molecule has 26 heavy (non-hydrogen) atoms. The van der Waals surface area contributed by atoms with Crippen LogP contribution >= 0.6 is 11.6 Å². The highest BCUT2D eigenvalue weighted by molar-refractivity contribution is 6.24. The van der Waals surface area contributed by atoms with Gasteiger partial charge >= 0.3 is 6.09 Å². The second-order valence-corrected chi connectivity index (χ2v) is 6.80. The highest BCUT2D eigenvalue weighted by Gasteiger charge is 2.34. The van der Waals surface area contributed by atoms with Gasteiger partial charge in [-0.3, -0.25) is 9.69 Å². The van der Waals surface area contributed by atoms with Crippen molar-refractivity contribution < 1.29 is 18.7 Å². The Bertz CT molecular complexity index is 846. The minimum atomic E-state index is -0.589. The number of carbonyl (C=O) groups excluding carboxylic acids is 2. The van der Waals surface area contributed by atoms with E-state index in [1.807, 2.05) is 0 Å². The number of benzene rings is 1. The molecule has 2 saturated heterocycles. The number of anilines is 2. The zero-order valence-corrected chi connectivity index (χ0v) is 14.3. The van der Waals surface area contributed by atoms with Crippen molar-refractivity contribution in [2.75, 3.05) is 22.9 Å². The average Bonchev–Trinajstić information content (AvgIpc) is 3.29. The van der Waals surface area contributed by atoms with Gasteiger partial charge in [-0.1, -0.05) is 5.21 Å². The second kappa shape index (κ2) is 6.56. The van der Waals surface area contributed by atoms with E-state index in [1.54, 1.807) is 16.9 Å². The van der Waals surface area contributed by atoms with Crippen molar-refractivity contribution in [1.82, 2.24) is 15.0 Å². The zero-order chi connectivity index (χ0) is 18.3. The second-order valence-electron chi connectivity index (χ2n) is 6.18. The Morgan fingerprint density at radius 3 is 2.77 bits per heavy atom. The number of nitrogens with zero attached hydrogens (tertiary/aromatic N) is 5. The molecule has 0 spiro atoms. The third-order valence-corrected chi connectivity index (χ3v) is 4.64. The predicted molar refractivity (Wildman–Crippen MR) is 90.6 cm³/mol. The molecule has 1 aromatic carbocycles. The van der Waals surface area contributed by atoms with E-state index in [1.165, 1.54) is 28.1 Å².